The van der Waals surface area contributed by atoms with Crippen LogP contribution in [0.2, 0.25) is 0 Å². The van der Waals surface area contributed by atoms with Crippen molar-refractivity contribution in [1.29, 1.82) is 0 Å². The van der Waals surface area contributed by atoms with Gasteiger partial charge in [0, 0.05) is 5.56 Å². The molecule has 6 heteroatoms. The zero-order valence-electron chi connectivity index (χ0n) is 11.7. The monoisotopic (exact) mass is 297 g/mol. The molecule has 0 aromatic heterocycles. The Kier molecular flexibility index (Phi) is 6.52. The lowest BCUT2D eigenvalue weighted by Gasteiger charge is -2.16. The van der Waals surface area contributed by atoms with Crippen LogP contribution >= 0.6 is 0 Å². The van der Waals surface area contributed by atoms with Gasteiger partial charge in [-0.3, -0.25) is 4.79 Å². The molecule has 0 fully saturated rings. The first-order chi connectivity index (χ1) is 9.99. The standard InChI is InChI=1S/C15H17F2NO3/c1-3-4-8-13(15(20)21-2)18-14(19)9-10-11(16)6-5-7-12(10)17/h3,5-7,13H,1,4,8-9H2,2H3,(H,18,19)/t13-/m1/s1. The molecular weight excluding hydrogens is 280 g/mol. The molecule has 0 heterocycles. The van der Waals surface area contributed by atoms with E-state index in [2.05, 4.69) is 16.6 Å². The maximum atomic E-state index is 13.5. The van der Waals surface area contributed by atoms with E-state index in [1.165, 1.54) is 13.2 Å². The lowest BCUT2D eigenvalue weighted by molar-refractivity contribution is -0.145. The largest absolute Gasteiger partial charge is 0.467 e. The summed E-state index contributed by atoms with van der Waals surface area (Å²) in [4.78, 5) is 23.4. The molecule has 1 amide bonds. The number of esters is 1. The number of hydrogen-bond acceptors (Lipinski definition) is 3. The van der Waals surface area contributed by atoms with Gasteiger partial charge in [-0.05, 0) is 25.0 Å². The van der Waals surface area contributed by atoms with Gasteiger partial charge in [-0.25, -0.2) is 13.6 Å². The summed E-state index contributed by atoms with van der Waals surface area (Å²) >= 11 is 0. The SMILES string of the molecule is C=CCC[C@@H](NC(=O)Cc1c(F)cccc1F)C(=O)OC. The van der Waals surface area contributed by atoms with E-state index >= 15 is 0 Å². The highest BCUT2D eigenvalue weighted by molar-refractivity contribution is 5.85. The van der Waals surface area contributed by atoms with E-state index in [1.54, 1.807) is 6.08 Å². The summed E-state index contributed by atoms with van der Waals surface area (Å²) in [6, 6.07) is 2.49. The Hall–Kier alpha value is -2.24. The fourth-order valence-corrected chi connectivity index (χ4v) is 1.78. The van der Waals surface area contributed by atoms with Crippen molar-refractivity contribution in [1.82, 2.24) is 5.32 Å². The number of ether oxygens (including phenoxy) is 1. The lowest BCUT2D eigenvalue weighted by atomic mass is 10.1. The predicted molar refractivity (Wildman–Crippen MR) is 73.4 cm³/mol. The maximum absolute atomic E-state index is 13.5. The summed E-state index contributed by atoms with van der Waals surface area (Å²) < 4.78 is 31.5. The summed E-state index contributed by atoms with van der Waals surface area (Å²) in [5, 5.41) is 2.41. The Bertz CT molecular complexity index is 511. The third kappa shape index (κ3) is 4.98. The summed E-state index contributed by atoms with van der Waals surface area (Å²) in [5.41, 5.74) is -0.331. The minimum absolute atomic E-state index is 0.307. The fourth-order valence-electron chi connectivity index (χ4n) is 1.78. The van der Waals surface area contributed by atoms with Gasteiger partial charge < -0.3 is 10.1 Å². The number of nitrogens with one attached hydrogen (secondary N) is 1. The van der Waals surface area contributed by atoms with Gasteiger partial charge in [0.2, 0.25) is 5.91 Å². The number of carbonyl (C=O) groups is 2. The van der Waals surface area contributed by atoms with Crippen LogP contribution in [-0.2, 0) is 20.7 Å². The van der Waals surface area contributed by atoms with Crippen LogP contribution in [0.4, 0.5) is 8.78 Å². The van der Waals surface area contributed by atoms with Crippen LogP contribution in [0.1, 0.15) is 18.4 Å². The molecule has 0 aliphatic heterocycles. The Morgan fingerprint density at radius 1 is 1.38 bits per heavy atom. The molecule has 0 aliphatic rings. The van der Waals surface area contributed by atoms with Crippen LogP contribution in [0.25, 0.3) is 0 Å². The number of methoxy groups -OCH3 is 1. The molecule has 0 unspecified atom stereocenters. The van der Waals surface area contributed by atoms with Crippen molar-refractivity contribution in [3.05, 3.63) is 48.1 Å². The first-order valence-electron chi connectivity index (χ1n) is 6.40. The highest BCUT2D eigenvalue weighted by Crippen LogP contribution is 2.13. The zero-order chi connectivity index (χ0) is 15.8. The second-order valence-corrected chi connectivity index (χ2v) is 4.39. The Morgan fingerprint density at radius 2 is 2.00 bits per heavy atom. The maximum Gasteiger partial charge on any atom is 0.328 e. The van der Waals surface area contributed by atoms with Crippen molar-refractivity contribution in [2.24, 2.45) is 0 Å². The number of rotatable bonds is 7. The topological polar surface area (TPSA) is 55.4 Å². The molecule has 21 heavy (non-hydrogen) atoms. The average Bonchev–Trinajstić information content (AvgIpc) is 2.46. The molecule has 1 aromatic carbocycles. The van der Waals surface area contributed by atoms with E-state index in [1.807, 2.05) is 0 Å². The molecule has 1 aromatic rings. The third-order valence-electron chi connectivity index (χ3n) is 2.88. The van der Waals surface area contributed by atoms with Crippen molar-refractivity contribution >= 4 is 11.9 Å². The highest BCUT2D eigenvalue weighted by Gasteiger charge is 2.22. The van der Waals surface area contributed by atoms with E-state index in [0.717, 1.165) is 12.1 Å². The summed E-state index contributed by atoms with van der Waals surface area (Å²) in [7, 11) is 1.20. The molecule has 4 nitrogen and oxygen atoms in total. The quantitative estimate of drug-likeness (QED) is 0.619. The van der Waals surface area contributed by atoms with Crippen LogP contribution in [0, 0.1) is 11.6 Å². The molecule has 0 saturated heterocycles. The summed E-state index contributed by atoms with van der Waals surface area (Å²) in [5.74, 6) is -2.87. The molecule has 1 N–H and O–H groups in total. The Morgan fingerprint density at radius 3 is 2.52 bits per heavy atom. The van der Waals surface area contributed by atoms with Gasteiger partial charge in [-0.15, -0.1) is 6.58 Å². The van der Waals surface area contributed by atoms with Crippen molar-refractivity contribution in [3.63, 3.8) is 0 Å². The minimum Gasteiger partial charge on any atom is -0.467 e. The predicted octanol–water partition coefficient (Wildman–Crippen LogP) is 2.13. The van der Waals surface area contributed by atoms with Crippen LogP contribution < -0.4 is 5.32 Å². The molecule has 0 saturated carbocycles. The second-order valence-electron chi connectivity index (χ2n) is 4.39. The molecule has 1 atom stereocenters. The van der Waals surface area contributed by atoms with Gasteiger partial charge in [0.15, 0.2) is 0 Å². The van der Waals surface area contributed by atoms with Gasteiger partial charge in [0.25, 0.3) is 0 Å². The van der Waals surface area contributed by atoms with E-state index in [4.69, 9.17) is 0 Å². The highest BCUT2D eigenvalue weighted by atomic mass is 19.1. The smallest absolute Gasteiger partial charge is 0.328 e. The number of hydrogen-bond donors (Lipinski definition) is 1. The van der Waals surface area contributed by atoms with Crippen LogP contribution in [0.15, 0.2) is 30.9 Å². The lowest BCUT2D eigenvalue weighted by Crippen LogP contribution is -2.42. The van der Waals surface area contributed by atoms with Crippen molar-refractivity contribution in [2.45, 2.75) is 25.3 Å². The minimum atomic E-state index is -0.865. The molecule has 1 rings (SSSR count). The molecule has 0 spiro atoms. The number of halogens is 2. The average molecular weight is 297 g/mol. The molecule has 0 radical (unpaired) electrons. The first kappa shape index (κ1) is 16.8. The number of amides is 1. The Labute approximate surface area is 121 Å². The van der Waals surface area contributed by atoms with E-state index < -0.39 is 36.0 Å². The van der Waals surface area contributed by atoms with Crippen LogP contribution in [0.3, 0.4) is 0 Å². The third-order valence-corrected chi connectivity index (χ3v) is 2.88. The van der Waals surface area contributed by atoms with Gasteiger partial charge >= 0.3 is 5.97 Å². The van der Waals surface area contributed by atoms with E-state index in [-0.39, 0.29) is 5.56 Å². The number of carbonyl (C=O) groups excluding carboxylic acids is 2. The second kappa shape index (κ2) is 8.14. The summed E-state index contributed by atoms with van der Waals surface area (Å²) in [6.45, 7) is 3.52. The Balaban J connectivity index is 2.73. The van der Waals surface area contributed by atoms with Gasteiger partial charge in [0.05, 0.1) is 13.5 Å². The molecule has 0 aliphatic carbocycles. The van der Waals surface area contributed by atoms with Crippen LogP contribution in [-0.4, -0.2) is 25.0 Å². The van der Waals surface area contributed by atoms with E-state index in [0.29, 0.717) is 12.8 Å². The first-order valence-corrected chi connectivity index (χ1v) is 6.40. The van der Waals surface area contributed by atoms with Gasteiger partial charge in [0.1, 0.15) is 17.7 Å². The van der Waals surface area contributed by atoms with Crippen molar-refractivity contribution in [3.8, 4) is 0 Å². The van der Waals surface area contributed by atoms with Crippen molar-refractivity contribution in [2.75, 3.05) is 7.11 Å². The van der Waals surface area contributed by atoms with Gasteiger partial charge in [-0.2, -0.15) is 0 Å². The number of allylic oxidation sites excluding steroid dienone is 1. The van der Waals surface area contributed by atoms with Crippen molar-refractivity contribution < 1.29 is 23.1 Å². The molecule has 114 valence electrons. The fraction of sp³-hybridized carbons (Fsp3) is 0.333. The van der Waals surface area contributed by atoms with Gasteiger partial charge in [-0.1, -0.05) is 12.1 Å². The van der Waals surface area contributed by atoms with Crippen LogP contribution in [0.5, 0.6) is 0 Å². The molecular formula is C15H17F2NO3. The summed E-state index contributed by atoms with van der Waals surface area (Å²) in [6.07, 6.45) is 1.91. The molecule has 0 bridgehead atoms. The number of benzene rings is 1. The normalized spacial score (nSPS) is 11.6. The van der Waals surface area contributed by atoms with E-state index in [9.17, 15) is 18.4 Å². The zero-order valence-corrected chi connectivity index (χ0v) is 11.7.